The zero-order valence-electron chi connectivity index (χ0n) is 17.2. The number of rotatable bonds is 4. The predicted molar refractivity (Wildman–Crippen MR) is 121 cm³/mol. The first-order chi connectivity index (χ1) is 14.7. The lowest BCUT2D eigenvalue weighted by molar-refractivity contribution is -0.131. The molecule has 8 heteroatoms. The Morgan fingerprint density at radius 2 is 1.84 bits per heavy atom. The number of amides is 3. The molecular formula is C23H20N4O3S. The smallest absolute Gasteiger partial charge is 0.266 e. The van der Waals surface area contributed by atoms with Crippen LogP contribution in [0.25, 0.3) is 0 Å². The van der Waals surface area contributed by atoms with Gasteiger partial charge in [0.25, 0.3) is 5.91 Å². The van der Waals surface area contributed by atoms with Crippen molar-refractivity contribution >= 4 is 46.4 Å². The Hall–Kier alpha value is -3.83. The number of nitrogens with zero attached hydrogens (tertiary/aromatic N) is 2. The second-order valence-electron chi connectivity index (χ2n) is 7.18. The number of benzene rings is 2. The van der Waals surface area contributed by atoms with Gasteiger partial charge in [0.15, 0.2) is 5.11 Å². The van der Waals surface area contributed by atoms with E-state index < -0.39 is 23.6 Å². The van der Waals surface area contributed by atoms with Crippen molar-refractivity contribution in [2.24, 2.45) is 5.92 Å². The van der Waals surface area contributed by atoms with E-state index in [9.17, 15) is 19.6 Å². The standard InChI is InChI=1S/C23H20N4O3S/c1-13-8-9-17(10-15(13)3)27-22(30)18(21(29)26-23(27)31)11-16(12-24)20(28)25-19-7-5-4-6-14(19)2/h4-11,18H,1-3H3,(H,25,28)(H,26,29,31)/b16-11+/t18-/m0/s1. The Morgan fingerprint density at radius 1 is 1.13 bits per heavy atom. The number of hydrogen-bond donors (Lipinski definition) is 2. The summed E-state index contributed by atoms with van der Waals surface area (Å²) in [4.78, 5) is 39.4. The van der Waals surface area contributed by atoms with Crippen LogP contribution in [0.1, 0.15) is 16.7 Å². The van der Waals surface area contributed by atoms with Crippen molar-refractivity contribution in [3.8, 4) is 6.07 Å². The molecule has 0 radical (unpaired) electrons. The van der Waals surface area contributed by atoms with Crippen molar-refractivity contribution in [1.82, 2.24) is 5.32 Å². The molecule has 2 aromatic rings. The van der Waals surface area contributed by atoms with Gasteiger partial charge in [0, 0.05) is 5.69 Å². The van der Waals surface area contributed by atoms with Gasteiger partial charge in [-0.25, -0.2) is 0 Å². The average molecular weight is 433 g/mol. The molecule has 3 amide bonds. The van der Waals surface area contributed by atoms with E-state index in [4.69, 9.17) is 12.2 Å². The maximum absolute atomic E-state index is 13.1. The summed E-state index contributed by atoms with van der Waals surface area (Å²) in [6, 6.07) is 14.2. The molecule has 0 spiro atoms. The molecule has 1 saturated heterocycles. The molecule has 1 aliphatic rings. The molecule has 156 valence electrons. The minimum absolute atomic E-state index is 0.0502. The summed E-state index contributed by atoms with van der Waals surface area (Å²) in [7, 11) is 0. The van der Waals surface area contributed by atoms with Crippen LogP contribution in [0.15, 0.2) is 54.1 Å². The Kier molecular flexibility index (Phi) is 6.28. The second-order valence-corrected chi connectivity index (χ2v) is 7.56. The SMILES string of the molecule is Cc1ccc(N2C(=O)[C@@H](/C=C(\C#N)C(=O)Nc3ccccc3C)C(=O)NC2=S)cc1C. The first-order valence-electron chi connectivity index (χ1n) is 9.48. The summed E-state index contributed by atoms with van der Waals surface area (Å²) in [5.41, 5.74) is 3.49. The molecule has 1 heterocycles. The number of carbonyl (C=O) groups excluding carboxylic acids is 3. The van der Waals surface area contributed by atoms with E-state index >= 15 is 0 Å². The van der Waals surface area contributed by atoms with Crippen molar-refractivity contribution in [3.63, 3.8) is 0 Å². The van der Waals surface area contributed by atoms with E-state index in [2.05, 4.69) is 10.6 Å². The summed E-state index contributed by atoms with van der Waals surface area (Å²) >= 11 is 5.20. The topological polar surface area (TPSA) is 102 Å². The first-order valence-corrected chi connectivity index (χ1v) is 9.88. The zero-order chi connectivity index (χ0) is 22.7. The van der Waals surface area contributed by atoms with E-state index in [0.717, 1.165) is 22.8 Å². The summed E-state index contributed by atoms with van der Waals surface area (Å²) < 4.78 is 0. The van der Waals surface area contributed by atoms with Gasteiger partial charge in [0.1, 0.15) is 17.6 Å². The molecule has 0 saturated carbocycles. The molecule has 0 aliphatic carbocycles. The molecule has 1 aliphatic heterocycles. The molecule has 31 heavy (non-hydrogen) atoms. The summed E-state index contributed by atoms with van der Waals surface area (Å²) in [5.74, 6) is -3.39. The monoisotopic (exact) mass is 432 g/mol. The minimum atomic E-state index is -1.37. The van der Waals surface area contributed by atoms with E-state index in [1.54, 1.807) is 30.3 Å². The molecule has 7 nitrogen and oxygen atoms in total. The lowest BCUT2D eigenvalue weighted by Gasteiger charge is -2.31. The maximum Gasteiger partial charge on any atom is 0.266 e. The van der Waals surface area contributed by atoms with Gasteiger partial charge in [-0.1, -0.05) is 24.3 Å². The van der Waals surface area contributed by atoms with Crippen LogP contribution < -0.4 is 15.5 Å². The number of hydrogen-bond acceptors (Lipinski definition) is 5. The quantitative estimate of drug-likeness (QED) is 0.335. The zero-order valence-corrected chi connectivity index (χ0v) is 18.0. The van der Waals surface area contributed by atoms with Crippen LogP contribution in [-0.2, 0) is 14.4 Å². The lowest BCUT2D eigenvalue weighted by atomic mass is 10.00. The molecule has 1 atom stereocenters. The summed E-state index contributed by atoms with van der Waals surface area (Å²) in [6.45, 7) is 5.65. The van der Waals surface area contributed by atoms with Crippen LogP contribution in [0.4, 0.5) is 11.4 Å². The third kappa shape index (κ3) is 4.52. The van der Waals surface area contributed by atoms with E-state index in [1.807, 2.05) is 39.0 Å². The number of para-hydroxylation sites is 1. The number of nitriles is 1. The van der Waals surface area contributed by atoms with Gasteiger partial charge in [-0.2, -0.15) is 5.26 Å². The minimum Gasteiger partial charge on any atom is -0.321 e. The van der Waals surface area contributed by atoms with E-state index in [-0.39, 0.29) is 10.7 Å². The Labute approximate surface area is 185 Å². The van der Waals surface area contributed by atoms with Crippen molar-refractivity contribution < 1.29 is 14.4 Å². The van der Waals surface area contributed by atoms with Crippen LogP contribution in [0.2, 0.25) is 0 Å². The van der Waals surface area contributed by atoms with Gasteiger partial charge in [-0.05, 0) is 74.0 Å². The number of aryl methyl sites for hydroxylation is 3. The normalized spacial score (nSPS) is 16.6. The fourth-order valence-electron chi connectivity index (χ4n) is 3.08. The highest BCUT2D eigenvalue weighted by Crippen LogP contribution is 2.25. The van der Waals surface area contributed by atoms with Gasteiger partial charge in [-0.3, -0.25) is 19.3 Å². The van der Waals surface area contributed by atoms with Gasteiger partial charge in [-0.15, -0.1) is 0 Å². The van der Waals surface area contributed by atoms with Crippen molar-refractivity contribution in [2.45, 2.75) is 20.8 Å². The third-order valence-corrected chi connectivity index (χ3v) is 5.33. The summed E-state index contributed by atoms with van der Waals surface area (Å²) in [5, 5.41) is 14.6. The number of carbonyl (C=O) groups is 3. The first kappa shape index (κ1) is 21.9. The molecular weight excluding hydrogens is 412 g/mol. The van der Waals surface area contributed by atoms with Crippen molar-refractivity contribution in [3.05, 3.63) is 70.8 Å². The predicted octanol–water partition coefficient (Wildman–Crippen LogP) is 3.06. The highest BCUT2D eigenvalue weighted by atomic mass is 32.1. The fourth-order valence-corrected chi connectivity index (χ4v) is 3.38. The van der Waals surface area contributed by atoms with Gasteiger partial charge in [0.2, 0.25) is 11.8 Å². The molecule has 1 fully saturated rings. The van der Waals surface area contributed by atoms with Crippen LogP contribution in [-0.4, -0.2) is 22.8 Å². The third-order valence-electron chi connectivity index (χ3n) is 5.04. The van der Waals surface area contributed by atoms with Gasteiger partial charge >= 0.3 is 0 Å². The molecule has 2 N–H and O–H groups in total. The summed E-state index contributed by atoms with van der Waals surface area (Å²) in [6.07, 6.45) is 1.07. The highest BCUT2D eigenvalue weighted by molar-refractivity contribution is 7.80. The van der Waals surface area contributed by atoms with E-state index in [0.29, 0.717) is 11.4 Å². The number of thiocarbonyl (C=S) groups is 1. The molecule has 0 aromatic heterocycles. The van der Waals surface area contributed by atoms with Crippen LogP contribution in [0.5, 0.6) is 0 Å². The number of anilines is 2. The van der Waals surface area contributed by atoms with Gasteiger partial charge in [0.05, 0.1) is 5.69 Å². The molecule has 3 rings (SSSR count). The fraction of sp³-hybridized carbons (Fsp3) is 0.174. The molecule has 0 bridgehead atoms. The van der Waals surface area contributed by atoms with Crippen molar-refractivity contribution in [1.29, 1.82) is 5.26 Å². The van der Waals surface area contributed by atoms with Crippen LogP contribution >= 0.6 is 12.2 Å². The van der Waals surface area contributed by atoms with E-state index in [1.165, 1.54) is 4.90 Å². The van der Waals surface area contributed by atoms with Crippen molar-refractivity contribution in [2.75, 3.05) is 10.2 Å². The second kappa shape index (κ2) is 8.90. The lowest BCUT2D eigenvalue weighted by Crippen LogP contribution is -2.57. The largest absolute Gasteiger partial charge is 0.321 e. The Morgan fingerprint density at radius 3 is 2.48 bits per heavy atom. The molecule has 2 aromatic carbocycles. The van der Waals surface area contributed by atoms with Gasteiger partial charge < -0.3 is 10.6 Å². The average Bonchev–Trinajstić information content (AvgIpc) is 2.72. The Bertz CT molecular complexity index is 1180. The highest BCUT2D eigenvalue weighted by Gasteiger charge is 2.39. The Balaban J connectivity index is 1.92. The maximum atomic E-state index is 13.1. The number of nitrogens with one attached hydrogen (secondary N) is 2. The molecule has 0 unspecified atom stereocenters. The van der Waals surface area contributed by atoms with Crippen LogP contribution in [0, 0.1) is 38.0 Å². The van der Waals surface area contributed by atoms with Crippen LogP contribution in [0.3, 0.4) is 0 Å².